The van der Waals surface area contributed by atoms with Gasteiger partial charge in [0.2, 0.25) is 5.69 Å². The van der Waals surface area contributed by atoms with E-state index in [-0.39, 0.29) is 5.54 Å². The number of halogens is 3. The van der Waals surface area contributed by atoms with Crippen LogP contribution < -0.4 is 5.32 Å². The molecule has 8 heteroatoms. The molecule has 4 fully saturated rings. The summed E-state index contributed by atoms with van der Waals surface area (Å²) in [6, 6.07) is 6.86. The lowest BCUT2D eigenvalue weighted by Gasteiger charge is -2.57. The van der Waals surface area contributed by atoms with Crippen LogP contribution in [0.1, 0.15) is 44.1 Å². The number of fused-ring (bicyclic) bond motifs is 1. The van der Waals surface area contributed by atoms with Gasteiger partial charge in [-0.05, 0) is 68.4 Å². The number of hydrogen-bond acceptors (Lipinski definition) is 3. The summed E-state index contributed by atoms with van der Waals surface area (Å²) < 4.78 is 40.7. The Bertz CT molecular complexity index is 1200. The first-order valence-corrected chi connectivity index (χ1v) is 11.0. The molecular weight excluding hydrogens is 415 g/mol. The average molecular weight is 437 g/mol. The van der Waals surface area contributed by atoms with Crippen LogP contribution in [0.5, 0.6) is 0 Å². The molecule has 1 aromatic carbocycles. The van der Waals surface area contributed by atoms with Crippen molar-refractivity contribution in [3.05, 3.63) is 53.5 Å². The largest absolute Gasteiger partial charge is 0.416 e. The standard InChI is InChI=1S/C24H22F3N5/c1-28-20-13-29-32-21(31-23-10-14-6-15(11-23)8-16(7-14)12-23)9-19(30-22(20)32)17-2-4-18(5-3-17)24(25,26)27/h2-5,9,13-16,31H,6-8,10-12H2. The molecule has 7 rings (SSSR count). The molecule has 2 aromatic heterocycles. The zero-order valence-electron chi connectivity index (χ0n) is 17.4. The Labute approximate surface area is 183 Å². The highest BCUT2D eigenvalue weighted by molar-refractivity contribution is 5.75. The van der Waals surface area contributed by atoms with E-state index in [2.05, 4.69) is 20.2 Å². The van der Waals surface area contributed by atoms with Gasteiger partial charge in [-0.15, -0.1) is 0 Å². The van der Waals surface area contributed by atoms with Crippen LogP contribution in [0.3, 0.4) is 0 Å². The smallest absolute Gasteiger partial charge is 0.364 e. The molecule has 0 unspecified atom stereocenters. The second kappa shape index (κ2) is 6.71. The lowest BCUT2D eigenvalue weighted by Crippen LogP contribution is -2.55. The van der Waals surface area contributed by atoms with Gasteiger partial charge in [-0.1, -0.05) is 12.1 Å². The molecule has 0 aliphatic heterocycles. The molecule has 3 aromatic rings. The van der Waals surface area contributed by atoms with Crippen molar-refractivity contribution in [2.75, 3.05) is 5.32 Å². The van der Waals surface area contributed by atoms with Crippen molar-refractivity contribution in [2.24, 2.45) is 17.8 Å². The van der Waals surface area contributed by atoms with Crippen molar-refractivity contribution >= 4 is 17.2 Å². The van der Waals surface area contributed by atoms with Crippen LogP contribution in [0.4, 0.5) is 24.7 Å². The molecule has 4 saturated carbocycles. The predicted octanol–water partition coefficient (Wildman–Crippen LogP) is 6.35. The molecule has 2 heterocycles. The Morgan fingerprint density at radius 2 is 1.66 bits per heavy atom. The molecule has 4 aliphatic carbocycles. The molecule has 32 heavy (non-hydrogen) atoms. The number of aromatic nitrogens is 3. The van der Waals surface area contributed by atoms with Crippen LogP contribution in [0.15, 0.2) is 36.5 Å². The topological polar surface area (TPSA) is 46.6 Å². The minimum atomic E-state index is -4.39. The van der Waals surface area contributed by atoms with E-state index in [1.165, 1.54) is 37.6 Å². The van der Waals surface area contributed by atoms with Crippen molar-refractivity contribution in [3.8, 4) is 11.3 Å². The third-order valence-corrected chi connectivity index (χ3v) is 7.51. The summed E-state index contributed by atoms with van der Waals surface area (Å²) in [5.41, 5.74) is 1.18. The number of nitrogens with one attached hydrogen (secondary N) is 1. The summed E-state index contributed by atoms with van der Waals surface area (Å²) in [5, 5.41) is 8.19. The molecule has 4 bridgehead atoms. The summed E-state index contributed by atoms with van der Waals surface area (Å²) >= 11 is 0. The van der Waals surface area contributed by atoms with E-state index in [0.717, 1.165) is 55.0 Å². The number of benzene rings is 1. The Balaban J connectivity index is 1.43. The summed E-state index contributed by atoms with van der Waals surface area (Å²) in [5.74, 6) is 3.03. The fourth-order valence-corrected chi connectivity index (χ4v) is 6.63. The van der Waals surface area contributed by atoms with E-state index in [1.807, 2.05) is 6.07 Å². The van der Waals surface area contributed by atoms with E-state index in [9.17, 15) is 13.2 Å². The number of nitrogens with zero attached hydrogens (tertiary/aromatic N) is 4. The minimum absolute atomic E-state index is 0.0185. The summed E-state index contributed by atoms with van der Waals surface area (Å²) in [4.78, 5) is 8.12. The zero-order chi connectivity index (χ0) is 22.1. The molecule has 4 aliphatic rings. The van der Waals surface area contributed by atoms with Crippen LogP contribution in [0, 0.1) is 24.3 Å². The fraction of sp³-hybridized carbons (Fsp3) is 0.458. The molecular formula is C24H22F3N5. The maximum absolute atomic E-state index is 13.0. The molecule has 5 nitrogen and oxygen atoms in total. The van der Waals surface area contributed by atoms with Gasteiger partial charge in [-0.2, -0.15) is 18.3 Å². The third kappa shape index (κ3) is 3.14. The molecule has 0 radical (unpaired) electrons. The van der Waals surface area contributed by atoms with Gasteiger partial charge in [0.1, 0.15) is 5.82 Å². The number of rotatable bonds is 3. The monoisotopic (exact) mass is 437 g/mol. The minimum Gasteiger partial charge on any atom is -0.364 e. The van der Waals surface area contributed by atoms with Crippen molar-refractivity contribution in [2.45, 2.75) is 50.2 Å². The molecule has 0 saturated heterocycles. The van der Waals surface area contributed by atoms with Crippen molar-refractivity contribution < 1.29 is 13.2 Å². The lowest BCUT2D eigenvalue weighted by atomic mass is 9.53. The maximum Gasteiger partial charge on any atom is 0.416 e. The van der Waals surface area contributed by atoms with Crippen molar-refractivity contribution in [3.63, 3.8) is 0 Å². The van der Waals surface area contributed by atoms with Gasteiger partial charge in [-0.3, -0.25) is 0 Å². The van der Waals surface area contributed by atoms with E-state index in [0.29, 0.717) is 22.6 Å². The van der Waals surface area contributed by atoms with Crippen LogP contribution in [-0.4, -0.2) is 20.1 Å². The Morgan fingerprint density at radius 3 is 2.22 bits per heavy atom. The van der Waals surface area contributed by atoms with Gasteiger partial charge in [0, 0.05) is 17.2 Å². The van der Waals surface area contributed by atoms with Gasteiger partial charge >= 0.3 is 6.18 Å². The predicted molar refractivity (Wildman–Crippen MR) is 114 cm³/mol. The van der Waals surface area contributed by atoms with Crippen molar-refractivity contribution in [1.29, 1.82) is 0 Å². The van der Waals surface area contributed by atoms with Crippen LogP contribution in [0.25, 0.3) is 21.7 Å². The number of hydrogen-bond donors (Lipinski definition) is 1. The highest BCUT2D eigenvalue weighted by Crippen LogP contribution is 2.56. The Hall–Kier alpha value is -3.08. The van der Waals surface area contributed by atoms with E-state index >= 15 is 0 Å². The fourth-order valence-electron chi connectivity index (χ4n) is 6.63. The zero-order valence-corrected chi connectivity index (χ0v) is 17.4. The number of anilines is 1. The SMILES string of the molecule is [C-]#[N+]c1cnn2c(NC34CC5CC(CC(C5)C3)C4)cc(-c3ccc(C(F)(F)F)cc3)nc12. The van der Waals surface area contributed by atoms with Crippen LogP contribution in [-0.2, 0) is 6.18 Å². The summed E-state index contributed by atoms with van der Waals surface area (Å²) in [7, 11) is 0. The molecule has 1 N–H and O–H groups in total. The molecule has 0 spiro atoms. The first-order valence-electron chi connectivity index (χ1n) is 11.0. The Kier molecular flexibility index (Phi) is 4.11. The molecule has 0 atom stereocenters. The average Bonchev–Trinajstić information content (AvgIpc) is 3.15. The summed E-state index contributed by atoms with van der Waals surface area (Å²) in [6.45, 7) is 7.47. The van der Waals surface area contributed by atoms with Gasteiger partial charge in [0.05, 0.1) is 24.0 Å². The van der Waals surface area contributed by atoms with E-state index in [4.69, 9.17) is 6.57 Å². The van der Waals surface area contributed by atoms with Gasteiger partial charge in [0.25, 0.3) is 0 Å². The maximum atomic E-state index is 13.0. The first kappa shape index (κ1) is 19.6. The van der Waals surface area contributed by atoms with Crippen LogP contribution >= 0.6 is 0 Å². The summed E-state index contributed by atoms with van der Waals surface area (Å²) in [6.07, 6.45) is 4.49. The second-order valence-corrected chi connectivity index (χ2v) is 9.80. The number of alkyl halides is 3. The normalized spacial score (nSPS) is 28.8. The van der Waals surface area contributed by atoms with Gasteiger partial charge < -0.3 is 5.32 Å². The first-order chi connectivity index (χ1) is 15.3. The Morgan fingerprint density at radius 1 is 1.03 bits per heavy atom. The van der Waals surface area contributed by atoms with E-state index in [1.54, 1.807) is 4.52 Å². The lowest BCUT2D eigenvalue weighted by molar-refractivity contribution is -0.137. The molecule has 164 valence electrons. The third-order valence-electron chi connectivity index (χ3n) is 7.51. The van der Waals surface area contributed by atoms with Crippen molar-refractivity contribution in [1.82, 2.24) is 14.6 Å². The van der Waals surface area contributed by atoms with Gasteiger partial charge in [0.15, 0.2) is 5.65 Å². The highest BCUT2D eigenvalue weighted by atomic mass is 19.4. The second-order valence-electron chi connectivity index (χ2n) is 9.80. The molecule has 0 amide bonds. The van der Waals surface area contributed by atoms with E-state index < -0.39 is 11.7 Å². The van der Waals surface area contributed by atoms with Crippen LogP contribution in [0.2, 0.25) is 0 Å². The highest BCUT2D eigenvalue weighted by Gasteiger charge is 2.51. The quantitative estimate of drug-likeness (QED) is 0.486. The van der Waals surface area contributed by atoms with Gasteiger partial charge in [-0.25, -0.2) is 14.3 Å².